The first-order chi connectivity index (χ1) is 12.1. The molecule has 1 aliphatic rings. The Hall–Kier alpha value is -2.39. The molecule has 1 N–H and O–H groups in total. The molecule has 0 bridgehead atoms. The molecule has 0 aromatic carbocycles. The van der Waals surface area contributed by atoms with E-state index in [0.29, 0.717) is 22.8 Å². The van der Waals surface area contributed by atoms with Crippen molar-refractivity contribution < 1.29 is 4.79 Å². The molecule has 2 aromatic rings. The average Bonchev–Trinajstić information content (AvgIpc) is 3.07. The third-order valence-electron chi connectivity index (χ3n) is 4.22. The van der Waals surface area contributed by atoms with Gasteiger partial charge in [-0.3, -0.25) is 4.79 Å². The van der Waals surface area contributed by atoms with E-state index in [2.05, 4.69) is 21.4 Å². The Morgan fingerprint density at radius 3 is 2.96 bits per heavy atom. The fraction of sp³-hybridized carbons (Fsp3) is 0.368. The quantitative estimate of drug-likeness (QED) is 0.831. The molecule has 2 aromatic heterocycles. The summed E-state index contributed by atoms with van der Waals surface area (Å²) in [6, 6.07) is 7.86. The molecule has 1 unspecified atom stereocenters. The van der Waals surface area contributed by atoms with Crippen LogP contribution in [-0.4, -0.2) is 21.1 Å². The molecule has 1 amide bonds. The number of amides is 1. The number of nitrogens with zero attached hydrogens (tertiary/aromatic N) is 3. The summed E-state index contributed by atoms with van der Waals surface area (Å²) in [4.78, 5) is 21.5. The van der Waals surface area contributed by atoms with Crippen molar-refractivity contribution >= 4 is 23.5 Å². The number of nitrogens with one attached hydrogen (secondary N) is 1. The number of nitriles is 1. The molecule has 0 saturated carbocycles. The number of carbonyl (C=O) groups excluding carboxylic acids is 1. The van der Waals surface area contributed by atoms with Gasteiger partial charge in [-0.1, -0.05) is 24.8 Å². The van der Waals surface area contributed by atoms with Crippen molar-refractivity contribution in [1.29, 1.82) is 5.26 Å². The topological polar surface area (TPSA) is 78.7 Å². The normalized spacial score (nSPS) is 13.8. The van der Waals surface area contributed by atoms with Gasteiger partial charge in [0.05, 0.1) is 10.8 Å². The van der Waals surface area contributed by atoms with Crippen molar-refractivity contribution in [2.45, 2.75) is 49.8 Å². The van der Waals surface area contributed by atoms with Crippen LogP contribution in [0.1, 0.15) is 42.1 Å². The van der Waals surface area contributed by atoms with Gasteiger partial charge in [-0.05, 0) is 55.9 Å². The minimum absolute atomic E-state index is 0.116. The number of carbonyl (C=O) groups is 1. The Labute approximate surface area is 151 Å². The molecular formula is C19H20N4OS. The largest absolute Gasteiger partial charge is 0.310 e. The second-order valence-electron chi connectivity index (χ2n) is 6.14. The number of rotatable bonds is 5. The van der Waals surface area contributed by atoms with Crippen LogP contribution >= 0.6 is 11.8 Å². The highest BCUT2D eigenvalue weighted by Gasteiger charge is 2.23. The number of fused-ring (bicyclic) bond motifs is 1. The van der Waals surface area contributed by atoms with E-state index in [9.17, 15) is 10.1 Å². The van der Waals surface area contributed by atoms with Crippen molar-refractivity contribution in [3.8, 4) is 6.07 Å². The molecule has 1 atom stereocenters. The molecule has 3 rings (SSSR count). The van der Waals surface area contributed by atoms with E-state index in [1.165, 1.54) is 17.3 Å². The van der Waals surface area contributed by atoms with E-state index < -0.39 is 0 Å². The Morgan fingerprint density at radius 2 is 2.28 bits per heavy atom. The van der Waals surface area contributed by atoms with E-state index in [-0.39, 0.29) is 11.2 Å². The minimum atomic E-state index is -0.317. The molecule has 1 aliphatic carbocycles. The summed E-state index contributed by atoms with van der Waals surface area (Å²) < 4.78 is 0. The van der Waals surface area contributed by atoms with Gasteiger partial charge in [0.2, 0.25) is 5.91 Å². The summed E-state index contributed by atoms with van der Waals surface area (Å²) in [7, 11) is 0. The van der Waals surface area contributed by atoms with Gasteiger partial charge in [-0.15, -0.1) is 0 Å². The maximum absolute atomic E-state index is 12.6. The highest BCUT2D eigenvalue weighted by atomic mass is 32.2. The molecule has 0 radical (unpaired) electrons. The van der Waals surface area contributed by atoms with Crippen LogP contribution in [0.25, 0.3) is 0 Å². The first kappa shape index (κ1) is 17.4. The lowest BCUT2D eigenvalue weighted by atomic mass is 10.2. The standard InChI is InChI=1S/C19H20N4OS/c1-3-16(18(24)23-17-8-7-12(2)11-21-17)25-19-14(10-20)9-13-5-4-6-15(13)22-19/h7-9,11,16H,3-6H2,1-2H3,(H,21,23,24). The number of hydrogen-bond donors (Lipinski definition) is 1. The van der Waals surface area contributed by atoms with Gasteiger partial charge in [-0.25, -0.2) is 9.97 Å². The Balaban J connectivity index is 1.77. The zero-order valence-electron chi connectivity index (χ0n) is 14.4. The predicted octanol–water partition coefficient (Wildman–Crippen LogP) is 3.65. The highest BCUT2D eigenvalue weighted by Crippen LogP contribution is 2.31. The predicted molar refractivity (Wildman–Crippen MR) is 98.5 cm³/mol. The molecule has 0 aliphatic heterocycles. The summed E-state index contributed by atoms with van der Waals surface area (Å²) in [5.41, 5.74) is 3.84. The Morgan fingerprint density at radius 1 is 1.44 bits per heavy atom. The molecule has 128 valence electrons. The number of aryl methyl sites for hydroxylation is 3. The number of anilines is 1. The zero-order valence-corrected chi connectivity index (χ0v) is 15.2. The first-order valence-corrected chi connectivity index (χ1v) is 9.31. The molecular weight excluding hydrogens is 332 g/mol. The lowest BCUT2D eigenvalue weighted by Crippen LogP contribution is -2.25. The smallest absolute Gasteiger partial charge is 0.239 e. The third kappa shape index (κ3) is 3.99. The fourth-order valence-electron chi connectivity index (χ4n) is 2.83. The van der Waals surface area contributed by atoms with Crippen LogP contribution in [0.3, 0.4) is 0 Å². The van der Waals surface area contributed by atoms with Crippen LogP contribution in [0.4, 0.5) is 5.82 Å². The van der Waals surface area contributed by atoms with E-state index in [4.69, 9.17) is 0 Å². The summed E-state index contributed by atoms with van der Waals surface area (Å²) in [6.07, 6.45) is 5.38. The van der Waals surface area contributed by atoms with Crippen LogP contribution in [-0.2, 0) is 17.6 Å². The molecule has 0 fully saturated rings. The summed E-state index contributed by atoms with van der Waals surface area (Å²) in [5, 5.41) is 12.6. The first-order valence-electron chi connectivity index (χ1n) is 8.43. The van der Waals surface area contributed by atoms with E-state index in [0.717, 1.165) is 30.5 Å². The van der Waals surface area contributed by atoms with Crippen LogP contribution in [0.5, 0.6) is 0 Å². The van der Waals surface area contributed by atoms with Crippen LogP contribution in [0, 0.1) is 18.3 Å². The number of aromatic nitrogens is 2. The van der Waals surface area contributed by atoms with Crippen molar-refractivity contribution in [2.24, 2.45) is 0 Å². The summed E-state index contributed by atoms with van der Waals surface area (Å²) in [5.74, 6) is 0.423. The maximum atomic E-state index is 12.6. The van der Waals surface area contributed by atoms with Crippen LogP contribution < -0.4 is 5.32 Å². The molecule has 25 heavy (non-hydrogen) atoms. The van der Waals surface area contributed by atoms with Crippen molar-refractivity contribution in [2.75, 3.05) is 5.32 Å². The number of pyridine rings is 2. The van der Waals surface area contributed by atoms with Gasteiger partial charge in [-0.2, -0.15) is 5.26 Å². The van der Waals surface area contributed by atoms with E-state index in [1.807, 2.05) is 26.0 Å². The monoisotopic (exact) mass is 352 g/mol. The van der Waals surface area contributed by atoms with Gasteiger partial charge >= 0.3 is 0 Å². The summed E-state index contributed by atoms with van der Waals surface area (Å²) >= 11 is 1.36. The second-order valence-corrected chi connectivity index (χ2v) is 7.33. The van der Waals surface area contributed by atoms with Crippen molar-refractivity contribution in [3.63, 3.8) is 0 Å². The van der Waals surface area contributed by atoms with Crippen LogP contribution in [0.15, 0.2) is 29.4 Å². The maximum Gasteiger partial charge on any atom is 0.239 e. The molecule has 0 spiro atoms. The van der Waals surface area contributed by atoms with Gasteiger partial charge in [0.25, 0.3) is 0 Å². The van der Waals surface area contributed by atoms with E-state index in [1.54, 1.807) is 12.3 Å². The van der Waals surface area contributed by atoms with Gasteiger partial charge in [0, 0.05) is 11.9 Å². The molecule has 0 saturated heterocycles. The minimum Gasteiger partial charge on any atom is -0.310 e. The lowest BCUT2D eigenvalue weighted by Gasteiger charge is -2.15. The fourth-order valence-corrected chi connectivity index (χ4v) is 3.83. The third-order valence-corrected chi connectivity index (χ3v) is 5.58. The second kappa shape index (κ2) is 7.66. The number of hydrogen-bond acceptors (Lipinski definition) is 5. The van der Waals surface area contributed by atoms with Gasteiger partial charge < -0.3 is 5.32 Å². The molecule has 6 heteroatoms. The van der Waals surface area contributed by atoms with E-state index >= 15 is 0 Å². The lowest BCUT2D eigenvalue weighted by molar-refractivity contribution is -0.115. The zero-order chi connectivity index (χ0) is 17.8. The summed E-state index contributed by atoms with van der Waals surface area (Å²) in [6.45, 7) is 3.91. The molecule has 5 nitrogen and oxygen atoms in total. The van der Waals surface area contributed by atoms with Gasteiger partial charge in [0.15, 0.2) is 0 Å². The van der Waals surface area contributed by atoms with Crippen LogP contribution in [0.2, 0.25) is 0 Å². The van der Waals surface area contributed by atoms with Crippen molar-refractivity contribution in [1.82, 2.24) is 9.97 Å². The molecule has 2 heterocycles. The SMILES string of the molecule is CCC(Sc1nc2c(cc1C#N)CCC2)C(=O)Nc1ccc(C)cn1. The van der Waals surface area contributed by atoms with Crippen molar-refractivity contribution in [3.05, 3.63) is 46.8 Å². The Bertz CT molecular complexity index is 827. The highest BCUT2D eigenvalue weighted by molar-refractivity contribution is 8.00. The number of thioether (sulfide) groups is 1. The van der Waals surface area contributed by atoms with Gasteiger partial charge in [0.1, 0.15) is 16.9 Å². The Kier molecular flexibility index (Phi) is 5.34. The average molecular weight is 352 g/mol.